The Labute approximate surface area is 80.7 Å². The lowest BCUT2D eigenvalue weighted by molar-refractivity contribution is -0.270. The van der Waals surface area contributed by atoms with Crippen LogP contribution in [-0.4, -0.2) is 25.2 Å². The normalized spacial score (nSPS) is 27.1. The molecule has 1 fully saturated rings. The van der Waals surface area contributed by atoms with Crippen LogP contribution in [-0.2, 0) is 9.47 Å². The molecule has 0 bridgehead atoms. The van der Waals surface area contributed by atoms with Gasteiger partial charge in [-0.2, -0.15) is 13.2 Å². The topological polar surface area (TPSA) is 21.8 Å². The van der Waals surface area contributed by atoms with Crippen molar-refractivity contribution in [2.75, 3.05) is 13.2 Å². The average Bonchev–Trinajstić information content (AvgIpc) is 2.84. The maximum atomic E-state index is 12.2. The summed E-state index contributed by atoms with van der Waals surface area (Å²) in [5.74, 6) is -2.30. The second kappa shape index (κ2) is 4.31. The number of epoxide rings is 1. The lowest BCUT2D eigenvalue weighted by Gasteiger charge is -2.15. The van der Waals surface area contributed by atoms with Gasteiger partial charge in [0.05, 0.1) is 6.61 Å². The van der Waals surface area contributed by atoms with E-state index in [2.05, 4.69) is 9.47 Å². The van der Waals surface area contributed by atoms with E-state index in [9.17, 15) is 13.2 Å². The molecule has 5 heteroatoms. The van der Waals surface area contributed by atoms with Crippen molar-refractivity contribution in [3.63, 3.8) is 0 Å². The van der Waals surface area contributed by atoms with Crippen LogP contribution in [0, 0.1) is 0 Å². The molecule has 1 heterocycles. The van der Waals surface area contributed by atoms with Gasteiger partial charge >= 0.3 is 6.18 Å². The molecule has 0 N–H and O–H groups in total. The number of halogens is 3. The van der Waals surface area contributed by atoms with Crippen molar-refractivity contribution < 1.29 is 22.6 Å². The predicted molar refractivity (Wildman–Crippen MR) is 44.7 cm³/mol. The van der Waals surface area contributed by atoms with Crippen LogP contribution in [0.4, 0.5) is 13.2 Å². The van der Waals surface area contributed by atoms with E-state index in [1.807, 2.05) is 13.0 Å². The van der Waals surface area contributed by atoms with Crippen molar-refractivity contribution in [1.82, 2.24) is 0 Å². The van der Waals surface area contributed by atoms with Crippen LogP contribution in [0.2, 0.25) is 0 Å². The Hall–Kier alpha value is -0.550. The molecule has 1 saturated heterocycles. The van der Waals surface area contributed by atoms with Gasteiger partial charge in [-0.1, -0.05) is 19.1 Å². The third kappa shape index (κ3) is 2.72. The zero-order chi connectivity index (χ0) is 10.7. The summed E-state index contributed by atoms with van der Waals surface area (Å²) in [5.41, 5.74) is 0. The number of allylic oxidation sites excluding steroid dienone is 1. The van der Waals surface area contributed by atoms with Gasteiger partial charge < -0.3 is 9.47 Å². The first-order chi connectivity index (χ1) is 6.52. The molecule has 0 aliphatic carbocycles. The zero-order valence-corrected chi connectivity index (χ0v) is 7.93. The van der Waals surface area contributed by atoms with E-state index >= 15 is 0 Å². The highest BCUT2D eigenvalue weighted by molar-refractivity contribution is 4.90. The van der Waals surface area contributed by atoms with E-state index in [1.54, 1.807) is 6.08 Å². The fraction of sp³-hybridized carbons (Fsp3) is 0.778. The van der Waals surface area contributed by atoms with Crippen molar-refractivity contribution in [1.29, 1.82) is 0 Å². The standard InChI is InChI=1S/C9H13F3O2/c1-2-3-4-5-6-13-8(7-14-8)9(10,11)12/h3-4H,2,5-7H2,1H3/b4-3-. The van der Waals surface area contributed by atoms with Gasteiger partial charge in [0.15, 0.2) is 0 Å². The van der Waals surface area contributed by atoms with Gasteiger partial charge in [0, 0.05) is 0 Å². The molecule has 82 valence electrons. The van der Waals surface area contributed by atoms with Gasteiger partial charge in [-0.15, -0.1) is 0 Å². The molecule has 0 radical (unpaired) electrons. The zero-order valence-electron chi connectivity index (χ0n) is 7.93. The molecule has 2 nitrogen and oxygen atoms in total. The average molecular weight is 210 g/mol. The Morgan fingerprint density at radius 3 is 2.50 bits per heavy atom. The van der Waals surface area contributed by atoms with Crippen LogP contribution in [0.5, 0.6) is 0 Å². The maximum absolute atomic E-state index is 12.2. The van der Waals surface area contributed by atoms with Crippen LogP contribution in [0.1, 0.15) is 19.8 Å². The summed E-state index contributed by atoms with van der Waals surface area (Å²) < 4.78 is 45.6. The van der Waals surface area contributed by atoms with Gasteiger partial charge in [0.2, 0.25) is 0 Å². The Morgan fingerprint density at radius 2 is 2.07 bits per heavy atom. The Kier molecular flexibility index (Phi) is 3.55. The van der Waals surface area contributed by atoms with E-state index in [-0.39, 0.29) is 13.2 Å². The van der Waals surface area contributed by atoms with Crippen LogP contribution in [0.15, 0.2) is 12.2 Å². The molecule has 0 amide bonds. The minimum absolute atomic E-state index is 0.0377. The van der Waals surface area contributed by atoms with Gasteiger partial charge in [-0.3, -0.25) is 0 Å². The maximum Gasteiger partial charge on any atom is 0.445 e. The second-order valence-corrected chi connectivity index (χ2v) is 3.06. The molecule has 1 atom stereocenters. The summed E-state index contributed by atoms with van der Waals surface area (Å²) in [4.78, 5) is 0. The Bertz CT molecular complexity index is 207. The Morgan fingerprint density at radius 1 is 1.43 bits per heavy atom. The molecule has 1 aliphatic heterocycles. The summed E-state index contributed by atoms with van der Waals surface area (Å²) in [6.07, 6.45) is 0.626. The van der Waals surface area contributed by atoms with Crippen LogP contribution < -0.4 is 0 Å². The highest BCUT2D eigenvalue weighted by Gasteiger charge is 2.67. The number of alkyl halides is 3. The van der Waals surface area contributed by atoms with Crippen molar-refractivity contribution in [3.05, 3.63) is 12.2 Å². The minimum atomic E-state index is -4.42. The van der Waals surface area contributed by atoms with E-state index in [1.165, 1.54) is 0 Å². The molecule has 0 aromatic rings. The second-order valence-electron chi connectivity index (χ2n) is 3.06. The van der Waals surface area contributed by atoms with Gasteiger partial charge in [-0.05, 0) is 12.8 Å². The van der Waals surface area contributed by atoms with Crippen molar-refractivity contribution in [2.45, 2.75) is 31.7 Å². The van der Waals surface area contributed by atoms with E-state index in [0.717, 1.165) is 6.42 Å². The molecule has 0 aromatic carbocycles. The summed E-state index contributed by atoms with van der Waals surface area (Å²) in [6.45, 7) is 1.61. The van der Waals surface area contributed by atoms with Crippen LogP contribution >= 0.6 is 0 Å². The SMILES string of the molecule is CC/C=C\CCOC1(C(F)(F)F)CO1. The molecule has 1 rings (SSSR count). The summed E-state index contributed by atoms with van der Waals surface area (Å²) in [6, 6.07) is 0. The quantitative estimate of drug-likeness (QED) is 0.395. The van der Waals surface area contributed by atoms with Crippen molar-refractivity contribution in [3.8, 4) is 0 Å². The van der Waals surface area contributed by atoms with E-state index < -0.39 is 12.0 Å². The largest absolute Gasteiger partial charge is 0.445 e. The molecular weight excluding hydrogens is 197 g/mol. The predicted octanol–water partition coefficient (Wildman–Crippen LogP) is 2.65. The van der Waals surface area contributed by atoms with E-state index in [4.69, 9.17) is 0 Å². The van der Waals surface area contributed by atoms with Crippen LogP contribution in [0.25, 0.3) is 0 Å². The number of hydrogen-bond acceptors (Lipinski definition) is 2. The lowest BCUT2D eigenvalue weighted by atomic mass is 10.3. The third-order valence-corrected chi connectivity index (χ3v) is 1.86. The molecule has 0 aromatic heterocycles. The summed E-state index contributed by atoms with van der Waals surface area (Å²) in [7, 11) is 0. The van der Waals surface area contributed by atoms with Crippen molar-refractivity contribution in [2.24, 2.45) is 0 Å². The van der Waals surface area contributed by atoms with Crippen molar-refractivity contribution >= 4 is 0 Å². The number of hydrogen-bond donors (Lipinski definition) is 0. The molecule has 1 aliphatic rings. The molecule has 14 heavy (non-hydrogen) atoms. The smallest absolute Gasteiger partial charge is 0.340 e. The Balaban J connectivity index is 2.22. The molecule has 0 spiro atoms. The first kappa shape index (κ1) is 11.5. The first-order valence-electron chi connectivity index (χ1n) is 4.51. The monoisotopic (exact) mass is 210 g/mol. The highest BCUT2D eigenvalue weighted by Crippen LogP contribution is 2.44. The van der Waals surface area contributed by atoms with Gasteiger partial charge in [0.25, 0.3) is 5.79 Å². The molecule has 1 unspecified atom stereocenters. The number of ether oxygens (including phenoxy) is 2. The third-order valence-electron chi connectivity index (χ3n) is 1.86. The van der Waals surface area contributed by atoms with Gasteiger partial charge in [0.1, 0.15) is 6.61 Å². The minimum Gasteiger partial charge on any atom is -0.340 e. The highest BCUT2D eigenvalue weighted by atomic mass is 19.4. The van der Waals surface area contributed by atoms with Gasteiger partial charge in [-0.25, -0.2) is 0 Å². The fourth-order valence-electron chi connectivity index (χ4n) is 0.971. The fourth-order valence-corrected chi connectivity index (χ4v) is 0.971. The lowest BCUT2D eigenvalue weighted by Crippen LogP contribution is -2.35. The van der Waals surface area contributed by atoms with E-state index in [0.29, 0.717) is 6.42 Å². The first-order valence-corrected chi connectivity index (χ1v) is 4.51. The number of rotatable bonds is 5. The molecule has 0 saturated carbocycles. The molecular formula is C9H13F3O2. The van der Waals surface area contributed by atoms with Crippen LogP contribution in [0.3, 0.4) is 0 Å². The summed E-state index contributed by atoms with van der Waals surface area (Å²) in [5, 5.41) is 0. The summed E-state index contributed by atoms with van der Waals surface area (Å²) >= 11 is 0.